The van der Waals surface area contributed by atoms with Gasteiger partial charge in [0.25, 0.3) is 0 Å². The Hall–Kier alpha value is -1.37. The van der Waals surface area contributed by atoms with Crippen molar-refractivity contribution in [1.82, 2.24) is 5.06 Å². The topological polar surface area (TPSA) is 21.7 Å². The predicted molar refractivity (Wildman–Crippen MR) is 65.7 cm³/mol. The largest absolute Gasteiger partial charge is 0.417 e. The molecule has 2 aliphatic heterocycles. The summed E-state index contributed by atoms with van der Waals surface area (Å²) in [5.41, 5.74) is -1.86. The van der Waals surface area contributed by atoms with Crippen molar-refractivity contribution < 1.29 is 22.7 Å². The van der Waals surface area contributed by atoms with Crippen molar-refractivity contribution in [2.24, 2.45) is 0 Å². The van der Waals surface area contributed by atoms with Gasteiger partial charge in [-0.15, -0.1) is 0 Å². The van der Waals surface area contributed by atoms with Crippen molar-refractivity contribution in [2.75, 3.05) is 20.3 Å². The maximum atomic E-state index is 13.9. The fourth-order valence-electron chi connectivity index (χ4n) is 3.00. The molecule has 108 valence electrons. The van der Waals surface area contributed by atoms with Crippen molar-refractivity contribution in [3.05, 3.63) is 47.5 Å². The average molecular weight is 285 g/mol. The van der Waals surface area contributed by atoms with E-state index in [1.165, 1.54) is 25.3 Å². The second kappa shape index (κ2) is 4.58. The number of fused-ring (bicyclic) bond motifs is 1. The third-order valence-corrected chi connectivity index (χ3v) is 3.81. The third-order valence-electron chi connectivity index (χ3n) is 3.81. The van der Waals surface area contributed by atoms with Crippen LogP contribution in [0, 0.1) is 0 Å². The molecule has 2 heterocycles. The number of halogens is 3. The number of hydroxylamine groups is 2. The molecule has 1 fully saturated rings. The normalized spacial score (nSPS) is 31.0. The first-order chi connectivity index (χ1) is 9.48. The molecule has 3 nitrogen and oxygen atoms in total. The summed E-state index contributed by atoms with van der Waals surface area (Å²) in [5.74, 6) is 0. The summed E-state index contributed by atoms with van der Waals surface area (Å²) < 4.78 is 46.9. The van der Waals surface area contributed by atoms with E-state index < -0.39 is 17.8 Å². The van der Waals surface area contributed by atoms with Crippen LogP contribution in [0.25, 0.3) is 0 Å². The molecule has 0 unspecified atom stereocenters. The molecule has 0 aromatic heterocycles. The third kappa shape index (κ3) is 1.72. The fourth-order valence-corrected chi connectivity index (χ4v) is 3.00. The summed E-state index contributed by atoms with van der Waals surface area (Å²) in [6, 6.07) is 7.85. The van der Waals surface area contributed by atoms with Crippen molar-refractivity contribution in [3.8, 4) is 0 Å². The zero-order valence-corrected chi connectivity index (χ0v) is 10.9. The minimum atomic E-state index is -4.49. The highest BCUT2D eigenvalue weighted by atomic mass is 19.4. The monoisotopic (exact) mass is 285 g/mol. The maximum absolute atomic E-state index is 13.9. The van der Waals surface area contributed by atoms with Gasteiger partial charge in [-0.1, -0.05) is 36.4 Å². The van der Waals surface area contributed by atoms with E-state index in [0.717, 1.165) is 5.06 Å². The molecular weight excluding hydrogens is 271 g/mol. The lowest BCUT2D eigenvalue weighted by Gasteiger charge is -2.37. The predicted octanol–water partition coefficient (Wildman–Crippen LogP) is 2.65. The molecule has 3 rings (SSSR count). The molecule has 20 heavy (non-hydrogen) atoms. The van der Waals surface area contributed by atoms with Crippen LogP contribution in [0.5, 0.6) is 0 Å². The molecule has 6 heteroatoms. The molecule has 1 aromatic rings. The first-order valence-electron chi connectivity index (χ1n) is 6.29. The molecule has 0 spiro atoms. The van der Waals surface area contributed by atoms with E-state index >= 15 is 0 Å². The quantitative estimate of drug-likeness (QED) is 0.740. The maximum Gasteiger partial charge on any atom is 0.417 e. The van der Waals surface area contributed by atoms with Gasteiger partial charge < -0.3 is 4.74 Å². The number of likely N-dealkylation sites (N-methyl/N-ethyl adjacent to an activating group) is 1. The second-order valence-electron chi connectivity index (χ2n) is 4.86. The van der Waals surface area contributed by atoms with Gasteiger partial charge in [0, 0.05) is 7.05 Å². The lowest BCUT2D eigenvalue weighted by molar-refractivity contribution is -0.279. The SMILES string of the molecule is CN1O[C@H]2COCC=C2[C@@]1(c1ccccc1)C(F)(F)F. The van der Waals surface area contributed by atoms with Gasteiger partial charge in [-0.05, 0) is 11.1 Å². The number of alkyl halides is 3. The first-order valence-corrected chi connectivity index (χ1v) is 6.29. The summed E-state index contributed by atoms with van der Waals surface area (Å²) >= 11 is 0. The van der Waals surface area contributed by atoms with Crippen LogP contribution in [0.4, 0.5) is 13.2 Å². The lowest BCUT2D eigenvalue weighted by atomic mass is 9.79. The van der Waals surface area contributed by atoms with Crippen LogP contribution in [-0.4, -0.2) is 37.6 Å². The molecule has 0 radical (unpaired) electrons. The highest BCUT2D eigenvalue weighted by Gasteiger charge is 2.67. The van der Waals surface area contributed by atoms with E-state index in [4.69, 9.17) is 9.57 Å². The molecular formula is C14H14F3NO2. The standard InChI is InChI=1S/C14H14F3NO2/c1-18-13(14(15,16)17,10-5-3-2-4-6-10)11-7-8-19-9-12(11)20-18/h2-7,12H,8-9H2,1H3/t12-,13-/m0/s1. The van der Waals surface area contributed by atoms with Gasteiger partial charge in [0.15, 0.2) is 5.54 Å². The molecule has 0 aliphatic carbocycles. The number of rotatable bonds is 1. The number of ether oxygens (including phenoxy) is 1. The van der Waals surface area contributed by atoms with Crippen molar-refractivity contribution >= 4 is 0 Å². The first kappa shape index (κ1) is 13.6. The smallest absolute Gasteiger partial charge is 0.374 e. The zero-order valence-electron chi connectivity index (χ0n) is 10.9. The molecule has 2 atom stereocenters. The van der Waals surface area contributed by atoms with Gasteiger partial charge in [0.05, 0.1) is 13.2 Å². The molecule has 1 aromatic carbocycles. The minimum absolute atomic E-state index is 0.140. The minimum Gasteiger partial charge on any atom is -0.374 e. The Morgan fingerprint density at radius 2 is 1.95 bits per heavy atom. The number of nitrogens with zero attached hydrogens (tertiary/aromatic N) is 1. The second-order valence-corrected chi connectivity index (χ2v) is 4.86. The molecule has 1 saturated heterocycles. The van der Waals surface area contributed by atoms with E-state index in [-0.39, 0.29) is 24.4 Å². The van der Waals surface area contributed by atoms with E-state index in [1.54, 1.807) is 18.2 Å². The van der Waals surface area contributed by atoms with Gasteiger partial charge in [-0.3, -0.25) is 4.84 Å². The van der Waals surface area contributed by atoms with Crippen LogP contribution in [-0.2, 0) is 15.1 Å². The molecule has 0 bridgehead atoms. The van der Waals surface area contributed by atoms with Gasteiger partial charge in [-0.25, -0.2) is 0 Å². The average Bonchev–Trinajstić information content (AvgIpc) is 2.72. The number of benzene rings is 1. The fraction of sp³-hybridized carbons (Fsp3) is 0.429. The van der Waals surface area contributed by atoms with Gasteiger partial charge in [0.2, 0.25) is 0 Å². The van der Waals surface area contributed by atoms with Crippen molar-refractivity contribution in [3.63, 3.8) is 0 Å². The summed E-state index contributed by atoms with van der Waals surface area (Å²) in [6.45, 7) is 0.314. The van der Waals surface area contributed by atoms with E-state index in [1.807, 2.05) is 0 Å². The summed E-state index contributed by atoms with van der Waals surface area (Å²) in [7, 11) is 1.32. The Labute approximate surface area is 114 Å². The number of hydrogen-bond acceptors (Lipinski definition) is 3. The van der Waals surface area contributed by atoms with E-state index in [0.29, 0.717) is 0 Å². The van der Waals surface area contributed by atoms with Crippen LogP contribution in [0.3, 0.4) is 0 Å². The molecule has 0 saturated carbocycles. The molecule has 2 aliphatic rings. The molecule has 0 N–H and O–H groups in total. The van der Waals surface area contributed by atoms with Crippen LogP contribution < -0.4 is 0 Å². The highest BCUT2D eigenvalue weighted by molar-refractivity contribution is 5.42. The van der Waals surface area contributed by atoms with Crippen LogP contribution in [0.15, 0.2) is 42.0 Å². The van der Waals surface area contributed by atoms with Gasteiger partial charge in [-0.2, -0.15) is 18.2 Å². The number of hydrogen-bond donors (Lipinski definition) is 0. The van der Waals surface area contributed by atoms with Crippen molar-refractivity contribution in [2.45, 2.75) is 17.8 Å². The summed E-state index contributed by atoms with van der Waals surface area (Å²) in [5, 5.41) is 0.910. The van der Waals surface area contributed by atoms with Crippen LogP contribution in [0.1, 0.15) is 5.56 Å². The Morgan fingerprint density at radius 1 is 1.25 bits per heavy atom. The Bertz CT molecular complexity index is 529. The zero-order chi connectivity index (χ0) is 14.4. The Kier molecular flexibility index (Phi) is 3.12. The lowest BCUT2D eigenvalue weighted by Crippen LogP contribution is -2.52. The van der Waals surface area contributed by atoms with Gasteiger partial charge in [0.1, 0.15) is 6.10 Å². The van der Waals surface area contributed by atoms with Crippen LogP contribution in [0.2, 0.25) is 0 Å². The molecule has 0 amide bonds. The van der Waals surface area contributed by atoms with Crippen LogP contribution >= 0.6 is 0 Å². The summed E-state index contributed by atoms with van der Waals surface area (Å²) in [6.07, 6.45) is -3.69. The highest BCUT2D eigenvalue weighted by Crippen LogP contribution is 2.54. The Morgan fingerprint density at radius 3 is 2.60 bits per heavy atom. The Balaban J connectivity index is 2.23. The van der Waals surface area contributed by atoms with E-state index in [2.05, 4.69) is 0 Å². The van der Waals surface area contributed by atoms with Gasteiger partial charge >= 0.3 is 6.18 Å². The summed E-state index contributed by atoms with van der Waals surface area (Å²) in [4.78, 5) is 5.38. The van der Waals surface area contributed by atoms with Crippen molar-refractivity contribution in [1.29, 1.82) is 0 Å². The van der Waals surface area contributed by atoms with E-state index in [9.17, 15) is 13.2 Å².